The van der Waals surface area contributed by atoms with Crippen LogP contribution in [0.15, 0.2) is 18.2 Å². The second-order valence-electron chi connectivity index (χ2n) is 4.18. The SMILES string of the molecule is COCCC(C)NCc1ccc(C(=O)O)c(F)c1. The largest absolute Gasteiger partial charge is 0.478 e. The molecule has 0 spiro atoms. The first-order valence-corrected chi connectivity index (χ1v) is 5.78. The highest BCUT2D eigenvalue weighted by Gasteiger charge is 2.10. The van der Waals surface area contributed by atoms with Crippen LogP contribution < -0.4 is 5.32 Å². The van der Waals surface area contributed by atoms with Gasteiger partial charge in [-0.1, -0.05) is 6.07 Å². The summed E-state index contributed by atoms with van der Waals surface area (Å²) in [5, 5.41) is 11.9. The van der Waals surface area contributed by atoms with E-state index in [9.17, 15) is 9.18 Å². The number of ether oxygens (including phenoxy) is 1. The Labute approximate surface area is 106 Å². The molecule has 0 bridgehead atoms. The van der Waals surface area contributed by atoms with Crippen LogP contribution in [0, 0.1) is 5.82 Å². The molecule has 0 saturated carbocycles. The fraction of sp³-hybridized carbons (Fsp3) is 0.462. The molecule has 0 saturated heterocycles. The zero-order valence-corrected chi connectivity index (χ0v) is 10.6. The summed E-state index contributed by atoms with van der Waals surface area (Å²) in [6, 6.07) is 4.41. The van der Waals surface area contributed by atoms with Crippen LogP contribution in [0.2, 0.25) is 0 Å². The van der Waals surface area contributed by atoms with Gasteiger partial charge in [-0.3, -0.25) is 0 Å². The average molecular weight is 255 g/mol. The number of carbonyl (C=O) groups is 1. The number of hydrogen-bond donors (Lipinski definition) is 2. The molecule has 0 amide bonds. The summed E-state index contributed by atoms with van der Waals surface area (Å²) in [6.45, 7) is 3.18. The number of rotatable bonds is 7. The lowest BCUT2D eigenvalue weighted by molar-refractivity contribution is 0.0692. The van der Waals surface area contributed by atoms with Crippen molar-refractivity contribution in [3.05, 3.63) is 35.1 Å². The predicted octanol–water partition coefficient (Wildman–Crippen LogP) is 2.04. The van der Waals surface area contributed by atoms with Crippen molar-refractivity contribution in [3.63, 3.8) is 0 Å². The molecule has 4 nitrogen and oxygen atoms in total. The van der Waals surface area contributed by atoms with Gasteiger partial charge in [0.15, 0.2) is 0 Å². The average Bonchev–Trinajstić information content (AvgIpc) is 2.33. The molecule has 18 heavy (non-hydrogen) atoms. The van der Waals surface area contributed by atoms with Crippen LogP contribution >= 0.6 is 0 Å². The molecule has 0 radical (unpaired) electrons. The third kappa shape index (κ3) is 4.43. The first-order valence-electron chi connectivity index (χ1n) is 5.78. The van der Waals surface area contributed by atoms with Gasteiger partial charge in [0.1, 0.15) is 5.82 Å². The van der Waals surface area contributed by atoms with E-state index in [0.717, 1.165) is 12.0 Å². The smallest absolute Gasteiger partial charge is 0.338 e. The summed E-state index contributed by atoms with van der Waals surface area (Å²) in [7, 11) is 1.65. The van der Waals surface area contributed by atoms with E-state index in [1.807, 2.05) is 6.92 Å². The van der Waals surface area contributed by atoms with Crippen molar-refractivity contribution >= 4 is 5.97 Å². The van der Waals surface area contributed by atoms with Gasteiger partial charge in [-0.25, -0.2) is 9.18 Å². The molecule has 1 aromatic rings. The highest BCUT2D eigenvalue weighted by Crippen LogP contribution is 2.10. The topological polar surface area (TPSA) is 58.6 Å². The third-order valence-corrected chi connectivity index (χ3v) is 2.67. The van der Waals surface area contributed by atoms with E-state index in [-0.39, 0.29) is 11.6 Å². The first kappa shape index (κ1) is 14.6. The van der Waals surface area contributed by atoms with Crippen molar-refractivity contribution in [3.8, 4) is 0 Å². The summed E-state index contributed by atoms with van der Waals surface area (Å²) >= 11 is 0. The summed E-state index contributed by atoms with van der Waals surface area (Å²) in [5.74, 6) is -1.95. The fourth-order valence-electron chi connectivity index (χ4n) is 1.53. The van der Waals surface area contributed by atoms with Crippen molar-refractivity contribution in [2.75, 3.05) is 13.7 Å². The van der Waals surface area contributed by atoms with Gasteiger partial charge in [-0.15, -0.1) is 0 Å². The van der Waals surface area contributed by atoms with Crippen molar-refractivity contribution in [2.45, 2.75) is 25.9 Å². The second-order valence-corrected chi connectivity index (χ2v) is 4.18. The minimum Gasteiger partial charge on any atom is -0.478 e. The Hall–Kier alpha value is -1.46. The third-order valence-electron chi connectivity index (χ3n) is 2.67. The molecule has 0 aromatic heterocycles. The second kappa shape index (κ2) is 7.08. The van der Waals surface area contributed by atoms with Gasteiger partial charge in [-0.05, 0) is 31.0 Å². The number of nitrogens with one attached hydrogen (secondary N) is 1. The number of hydrogen-bond acceptors (Lipinski definition) is 3. The molecule has 2 N–H and O–H groups in total. The maximum atomic E-state index is 13.4. The molecule has 0 heterocycles. The molecule has 0 aliphatic heterocycles. The molecule has 0 fully saturated rings. The highest BCUT2D eigenvalue weighted by molar-refractivity contribution is 5.87. The van der Waals surface area contributed by atoms with Crippen LogP contribution in [0.4, 0.5) is 4.39 Å². The maximum absolute atomic E-state index is 13.4. The van der Waals surface area contributed by atoms with E-state index in [2.05, 4.69) is 5.32 Å². The number of carboxylic acid groups (broad SMARTS) is 1. The normalized spacial score (nSPS) is 12.4. The molecule has 100 valence electrons. The Bertz CT molecular complexity index is 409. The lowest BCUT2D eigenvalue weighted by Gasteiger charge is -2.13. The molecular formula is C13H18FNO3. The van der Waals surface area contributed by atoms with Gasteiger partial charge in [0.05, 0.1) is 5.56 Å². The summed E-state index contributed by atoms with van der Waals surface area (Å²) in [6.07, 6.45) is 0.867. The Morgan fingerprint density at radius 3 is 2.83 bits per heavy atom. The number of carboxylic acids is 1. The molecule has 1 atom stereocenters. The summed E-state index contributed by atoms with van der Waals surface area (Å²) in [4.78, 5) is 10.6. The summed E-state index contributed by atoms with van der Waals surface area (Å²) < 4.78 is 18.4. The maximum Gasteiger partial charge on any atom is 0.338 e. The Morgan fingerprint density at radius 1 is 1.56 bits per heavy atom. The van der Waals surface area contributed by atoms with E-state index in [4.69, 9.17) is 9.84 Å². The first-order chi connectivity index (χ1) is 8.54. The zero-order chi connectivity index (χ0) is 13.5. The van der Waals surface area contributed by atoms with Crippen LogP contribution in [0.25, 0.3) is 0 Å². The Balaban J connectivity index is 2.53. The van der Waals surface area contributed by atoms with Gasteiger partial charge < -0.3 is 15.2 Å². The standard InChI is InChI=1S/C13H18FNO3/c1-9(5-6-18-2)15-8-10-3-4-11(13(16)17)12(14)7-10/h3-4,7,9,15H,5-6,8H2,1-2H3,(H,16,17). The molecule has 5 heteroatoms. The van der Waals surface area contributed by atoms with E-state index >= 15 is 0 Å². The number of methoxy groups -OCH3 is 1. The van der Waals surface area contributed by atoms with Gasteiger partial charge in [-0.2, -0.15) is 0 Å². The van der Waals surface area contributed by atoms with E-state index in [1.54, 1.807) is 13.2 Å². The lowest BCUT2D eigenvalue weighted by Crippen LogP contribution is -2.26. The van der Waals surface area contributed by atoms with Gasteiger partial charge in [0.2, 0.25) is 0 Å². The van der Waals surface area contributed by atoms with E-state index in [1.165, 1.54) is 12.1 Å². The molecule has 1 aromatic carbocycles. The van der Waals surface area contributed by atoms with Gasteiger partial charge >= 0.3 is 5.97 Å². The van der Waals surface area contributed by atoms with Gasteiger partial charge in [0, 0.05) is 26.3 Å². The van der Waals surface area contributed by atoms with Crippen molar-refractivity contribution < 1.29 is 19.0 Å². The minimum atomic E-state index is -1.25. The van der Waals surface area contributed by atoms with Crippen molar-refractivity contribution in [2.24, 2.45) is 0 Å². The molecular weight excluding hydrogens is 237 g/mol. The predicted molar refractivity (Wildman–Crippen MR) is 66.2 cm³/mol. The molecule has 1 unspecified atom stereocenters. The highest BCUT2D eigenvalue weighted by atomic mass is 19.1. The molecule has 0 aliphatic rings. The van der Waals surface area contributed by atoms with Gasteiger partial charge in [0.25, 0.3) is 0 Å². The van der Waals surface area contributed by atoms with Crippen molar-refractivity contribution in [1.29, 1.82) is 0 Å². The van der Waals surface area contributed by atoms with Crippen molar-refractivity contribution in [1.82, 2.24) is 5.32 Å². The zero-order valence-electron chi connectivity index (χ0n) is 10.6. The molecule has 0 aliphatic carbocycles. The van der Waals surface area contributed by atoms with E-state index < -0.39 is 11.8 Å². The Morgan fingerprint density at radius 2 is 2.28 bits per heavy atom. The van der Waals surface area contributed by atoms with Crippen LogP contribution in [0.3, 0.4) is 0 Å². The van der Waals surface area contributed by atoms with Crippen LogP contribution in [0.1, 0.15) is 29.3 Å². The number of aromatic carboxylic acids is 1. The van der Waals surface area contributed by atoms with Crippen LogP contribution in [-0.2, 0) is 11.3 Å². The van der Waals surface area contributed by atoms with Crippen LogP contribution in [0.5, 0.6) is 0 Å². The summed E-state index contributed by atoms with van der Waals surface area (Å²) in [5.41, 5.74) is 0.424. The van der Waals surface area contributed by atoms with Crippen LogP contribution in [-0.4, -0.2) is 30.8 Å². The van der Waals surface area contributed by atoms with E-state index in [0.29, 0.717) is 13.2 Å². The minimum absolute atomic E-state index is 0.257. The fourth-order valence-corrected chi connectivity index (χ4v) is 1.53. The quantitative estimate of drug-likeness (QED) is 0.782. The lowest BCUT2D eigenvalue weighted by atomic mass is 10.1. The molecule has 1 rings (SSSR count). The monoisotopic (exact) mass is 255 g/mol. The Kier molecular flexibility index (Phi) is 5.74. The number of benzene rings is 1. The number of halogens is 1.